The predicted molar refractivity (Wildman–Crippen MR) is 141 cm³/mol. The summed E-state index contributed by atoms with van der Waals surface area (Å²) >= 11 is 0. The summed E-state index contributed by atoms with van der Waals surface area (Å²) in [4.78, 5) is 13.9. The fourth-order valence-corrected chi connectivity index (χ4v) is 5.54. The van der Waals surface area contributed by atoms with E-state index < -0.39 is 23.2 Å². The maximum Gasteiger partial charge on any atom is 0.331 e. The molecule has 0 aromatic heterocycles. The molecule has 1 spiro atoms. The molecule has 0 saturated carbocycles. The lowest BCUT2D eigenvalue weighted by atomic mass is 9.68. The van der Waals surface area contributed by atoms with Crippen LogP contribution in [0.3, 0.4) is 0 Å². The van der Waals surface area contributed by atoms with Gasteiger partial charge in [-0.25, -0.2) is 0 Å². The molecule has 10 heteroatoms. The van der Waals surface area contributed by atoms with Gasteiger partial charge >= 0.3 is 5.97 Å². The van der Waals surface area contributed by atoms with Crippen LogP contribution in [-0.2, 0) is 10.2 Å². The lowest BCUT2D eigenvalue weighted by Crippen LogP contribution is -2.40. The molecule has 40 heavy (non-hydrogen) atoms. The zero-order valence-electron chi connectivity index (χ0n) is 20.8. The molecule has 2 atom stereocenters. The number of esters is 1. The molecule has 2 aliphatic heterocycles. The summed E-state index contributed by atoms with van der Waals surface area (Å²) in [5, 5.41) is 62.3. The summed E-state index contributed by atoms with van der Waals surface area (Å²) in [6.45, 7) is 0. The van der Waals surface area contributed by atoms with Crippen molar-refractivity contribution in [3.8, 4) is 51.7 Å². The van der Waals surface area contributed by atoms with Crippen molar-refractivity contribution in [2.24, 2.45) is 0 Å². The maximum atomic E-state index is 13.9. The number of carbonyl (C=O) groups is 1. The molecule has 0 saturated heterocycles. The van der Waals surface area contributed by atoms with Crippen LogP contribution in [-0.4, -0.2) is 43.7 Å². The highest BCUT2D eigenvalue weighted by Crippen LogP contribution is 2.63. The highest BCUT2D eigenvalue weighted by atomic mass is 16.6. The Morgan fingerprint density at radius 3 is 2.17 bits per heavy atom. The molecule has 0 aliphatic carbocycles. The molecule has 202 valence electrons. The first kappa shape index (κ1) is 24.8. The minimum Gasteiger partial charge on any atom is -0.508 e. The number of fused-ring (bicyclic) bond motifs is 4. The van der Waals surface area contributed by atoms with Crippen LogP contribution in [0, 0.1) is 0 Å². The third-order valence-electron chi connectivity index (χ3n) is 7.04. The van der Waals surface area contributed by atoms with E-state index in [1.165, 1.54) is 61.7 Å². The van der Waals surface area contributed by atoms with E-state index in [2.05, 4.69) is 0 Å². The van der Waals surface area contributed by atoms with Gasteiger partial charge in [0.2, 0.25) is 5.75 Å². The number of ether oxygens (including phenoxy) is 3. The monoisotopic (exact) mass is 542 g/mol. The van der Waals surface area contributed by atoms with Gasteiger partial charge in [-0.15, -0.1) is 0 Å². The first-order chi connectivity index (χ1) is 19.1. The molecule has 2 unspecified atom stereocenters. The first-order valence-electron chi connectivity index (χ1n) is 12.0. The summed E-state index contributed by atoms with van der Waals surface area (Å²) < 4.78 is 16.8. The van der Waals surface area contributed by atoms with Crippen LogP contribution in [0.15, 0.2) is 60.7 Å². The topological polar surface area (TPSA) is 166 Å². The number of phenols is 6. The van der Waals surface area contributed by atoms with Crippen molar-refractivity contribution in [3.63, 3.8) is 0 Å². The normalized spacial score (nSPS) is 18.9. The molecule has 6 rings (SSSR count). The Morgan fingerprint density at radius 2 is 1.48 bits per heavy atom. The quantitative estimate of drug-likeness (QED) is 0.123. The largest absolute Gasteiger partial charge is 0.508 e. The number of carbonyl (C=O) groups excluding carboxylic acids is 1. The lowest BCUT2D eigenvalue weighted by Gasteiger charge is -2.29. The first-order valence-corrected chi connectivity index (χ1v) is 12.0. The second-order valence-corrected chi connectivity index (χ2v) is 9.46. The van der Waals surface area contributed by atoms with E-state index in [4.69, 9.17) is 14.2 Å². The van der Waals surface area contributed by atoms with Gasteiger partial charge < -0.3 is 44.8 Å². The summed E-state index contributed by atoms with van der Waals surface area (Å²) in [5.41, 5.74) is -0.470. The third kappa shape index (κ3) is 3.53. The van der Waals surface area contributed by atoms with Gasteiger partial charge in [-0.2, -0.15) is 0 Å². The molecular formula is C30H22O10. The highest BCUT2D eigenvalue weighted by Gasteiger charge is 2.64. The molecule has 0 fully saturated rings. The average Bonchev–Trinajstić information content (AvgIpc) is 3.37. The van der Waals surface area contributed by atoms with Crippen molar-refractivity contribution in [2.75, 3.05) is 7.11 Å². The number of benzene rings is 4. The Morgan fingerprint density at radius 1 is 0.775 bits per heavy atom. The van der Waals surface area contributed by atoms with E-state index in [1.54, 1.807) is 12.1 Å². The number of methoxy groups -OCH3 is 1. The van der Waals surface area contributed by atoms with E-state index in [0.29, 0.717) is 16.7 Å². The maximum absolute atomic E-state index is 13.9. The molecule has 0 radical (unpaired) electrons. The van der Waals surface area contributed by atoms with Crippen LogP contribution in [0.4, 0.5) is 0 Å². The minimum absolute atomic E-state index is 0.0131. The van der Waals surface area contributed by atoms with Gasteiger partial charge in [-0.1, -0.05) is 24.3 Å². The molecule has 4 aromatic rings. The van der Waals surface area contributed by atoms with Crippen LogP contribution < -0.4 is 14.2 Å². The Kier molecular flexibility index (Phi) is 5.44. The molecule has 10 nitrogen and oxygen atoms in total. The predicted octanol–water partition coefficient (Wildman–Crippen LogP) is 4.44. The summed E-state index contributed by atoms with van der Waals surface area (Å²) in [6.07, 6.45) is 1.92. The van der Waals surface area contributed by atoms with Gasteiger partial charge in [0.1, 0.15) is 40.6 Å². The zero-order chi connectivity index (χ0) is 28.3. The van der Waals surface area contributed by atoms with Crippen molar-refractivity contribution >= 4 is 18.1 Å². The van der Waals surface area contributed by atoms with Gasteiger partial charge in [0.05, 0.1) is 12.7 Å². The molecular weight excluding hydrogens is 520 g/mol. The van der Waals surface area contributed by atoms with Gasteiger partial charge in [-0.3, -0.25) is 4.79 Å². The smallest absolute Gasteiger partial charge is 0.331 e. The molecule has 2 aliphatic rings. The Balaban J connectivity index is 1.61. The van der Waals surface area contributed by atoms with E-state index in [0.717, 1.165) is 6.07 Å². The van der Waals surface area contributed by atoms with E-state index >= 15 is 0 Å². The molecule has 6 N–H and O–H groups in total. The average molecular weight is 542 g/mol. The van der Waals surface area contributed by atoms with Gasteiger partial charge in [0.25, 0.3) is 0 Å². The van der Waals surface area contributed by atoms with Crippen molar-refractivity contribution in [1.82, 2.24) is 0 Å². The van der Waals surface area contributed by atoms with Crippen molar-refractivity contribution in [2.45, 2.75) is 11.5 Å². The zero-order valence-corrected chi connectivity index (χ0v) is 20.8. The van der Waals surface area contributed by atoms with Crippen LogP contribution in [0.25, 0.3) is 12.2 Å². The van der Waals surface area contributed by atoms with Crippen LogP contribution in [0.2, 0.25) is 0 Å². The summed E-state index contributed by atoms with van der Waals surface area (Å²) in [5.74, 6) is -2.48. The Hall–Kier alpha value is -5.51. The Bertz CT molecular complexity index is 1720. The fourth-order valence-electron chi connectivity index (χ4n) is 5.54. The Labute approximate surface area is 226 Å². The summed E-state index contributed by atoms with van der Waals surface area (Å²) in [7, 11) is 1.30. The fraction of sp³-hybridized carbons (Fsp3) is 0.100. The van der Waals surface area contributed by atoms with Crippen LogP contribution in [0.5, 0.6) is 51.7 Å². The van der Waals surface area contributed by atoms with E-state index in [1.807, 2.05) is 0 Å². The van der Waals surface area contributed by atoms with Crippen molar-refractivity contribution < 1.29 is 49.6 Å². The van der Waals surface area contributed by atoms with Crippen LogP contribution >= 0.6 is 0 Å². The second-order valence-electron chi connectivity index (χ2n) is 9.46. The van der Waals surface area contributed by atoms with E-state index in [-0.39, 0.29) is 57.1 Å². The minimum atomic E-state index is -1.81. The van der Waals surface area contributed by atoms with Crippen LogP contribution in [0.1, 0.15) is 33.9 Å². The number of hydrogen-bond acceptors (Lipinski definition) is 10. The third-order valence-corrected chi connectivity index (χ3v) is 7.04. The number of aromatic hydroxyl groups is 6. The highest BCUT2D eigenvalue weighted by molar-refractivity contribution is 6.00. The summed E-state index contributed by atoms with van der Waals surface area (Å²) in [6, 6.07) is 13.8. The number of rotatable bonds is 4. The molecule has 0 bridgehead atoms. The van der Waals surface area contributed by atoms with Crippen molar-refractivity contribution in [1.29, 1.82) is 0 Å². The molecule has 4 aromatic carbocycles. The van der Waals surface area contributed by atoms with Crippen molar-refractivity contribution in [3.05, 3.63) is 88.5 Å². The molecule has 0 amide bonds. The van der Waals surface area contributed by atoms with Gasteiger partial charge in [0.15, 0.2) is 16.9 Å². The lowest BCUT2D eigenvalue weighted by molar-refractivity contribution is -0.139. The number of hydrogen-bond donors (Lipinski definition) is 6. The number of phenolic OH excluding ortho intramolecular Hbond substituents is 6. The second kappa shape index (κ2) is 8.77. The van der Waals surface area contributed by atoms with Gasteiger partial charge in [0, 0.05) is 23.8 Å². The standard InChI is InChI=1S/C30H22O10/c1-38-27-21(35)7-14(8-22(27)36)5-6-15-9-18(32)12-23-25(15)30(29(37)40-23)26-20(34)11-19(33)13-24(26)39-28(30)16-3-2-4-17(31)10-16/h2-13,28,31-36H,1H3. The van der Waals surface area contributed by atoms with E-state index in [9.17, 15) is 35.4 Å². The SMILES string of the molecule is COc1c(O)cc(C=Cc2cc(O)cc3c2C2(C(=O)O3)c3c(O)cc(O)cc3OC2c2cccc(O)c2)cc1O. The molecule has 2 heterocycles. The van der Waals surface area contributed by atoms with Gasteiger partial charge in [-0.05, 0) is 47.0 Å².